The van der Waals surface area contributed by atoms with Crippen LogP contribution in [0.4, 0.5) is 0 Å². The zero-order valence-electron chi connectivity index (χ0n) is 6.89. The van der Waals surface area contributed by atoms with Crippen LogP contribution < -0.4 is 5.73 Å². The molecule has 1 heterocycles. The van der Waals surface area contributed by atoms with Crippen molar-refractivity contribution in [2.75, 3.05) is 0 Å². The number of rotatable bonds is 1. The lowest BCUT2D eigenvalue weighted by molar-refractivity contribution is -0.129. The molecule has 0 saturated heterocycles. The maximum atomic E-state index is 11.0. The molecule has 0 radical (unpaired) electrons. The monoisotopic (exact) mass is 184 g/mol. The largest absolute Gasteiger partial charge is 0.475 e. The van der Waals surface area contributed by atoms with Crippen molar-refractivity contribution in [1.29, 1.82) is 0 Å². The van der Waals surface area contributed by atoms with Gasteiger partial charge in [-0.3, -0.25) is 4.79 Å². The Morgan fingerprint density at radius 1 is 1.77 bits per heavy atom. The lowest BCUT2D eigenvalue weighted by Gasteiger charge is -2.02. The normalized spacial score (nSPS) is 17.6. The third-order valence-corrected chi connectivity index (χ3v) is 1.32. The number of hydrazone groups is 2. The Labute approximate surface area is 73.5 Å². The summed E-state index contributed by atoms with van der Waals surface area (Å²) in [6, 6.07) is 0. The van der Waals surface area contributed by atoms with Crippen LogP contribution in [-0.2, 0) is 9.59 Å². The fraction of sp³-hybridized carbons (Fsp3) is 0.333. The van der Waals surface area contributed by atoms with Crippen LogP contribution in [0.2, 0.25) is 0 Å². The van der Waals surface area contributed by atoms with Gasteiger partial charge < -0.3 is 10.8 Å². The van der Waals surface area contributed by atoms with Crippen LogP contribution in [-0.4, -0.2) is 33.6 Å². The van der Waals surface area contributed by atoms with E-state index in [-0.39, 0.29) is 12.3 Å². The molecule has 0 aromatic heterocycles. The molecule has 0 atom stereocenters. The van der Waals surface area contributed by atoms with Crippen LogP contribution >= 0.6 is 0 Å². The van der Waals surface area contributed by atoms with Gasteiger partial charge in [-0.2, -0.15) is 5.10 Å². The molecule has 0 aliphatic carbocycles. The number of nitrogens with zero attached hydrogens (tertiary/aromatic N) is 3. The molecule has 1 amide bonds. The van der Waals surface area contributed by atoms with Gasteiger partial charge in [0.25, 0.3) is 5.91 Å². The number of aliphatic carboxylic acids is 1. The second kappa shape index (κ2) is 3.21. The minimum atomic E-state index is -1.38. The molecule has 1 aliphatic rings. The molecule has 7 nitrogen and oxygen atoms in total. The summed E-state index contributed by atoms with van der Waals surface area (Å²) in [6.45, 7) is 1.64. The number of amidine groups is 1. The molecular formula is C6H8N4O3. The molecule has 0 bridgehead atoms. The molecular weight excluding hydrogens is 176 g/mol. The zero-order valence-corrected chi connectivity index (χ0v) is 6.89. The summed E-state index contributed by atoms with van der Waals surface area (Å²) < 4.78 is 0. The standard InChI is InChI=1S/C6H8N4O3/c1-3-2-4(11)10(8-3)9-5(7)6(12)13/h2H2,1H3,(H2,7,9)(H,12,13). The average Bonchev–Trinajstić information content (AvgIpc) is 2.30. The fourth-order valence-electron chi connectivity index (χ4n) is 0.765. The minimum absolute atomic E-state index is 0.149. The maximum absolute atomic E-state index is 11.0. The van der Waals surface area contributed by atoms with Crippen molar-refractivity contribution in [3.8, 4) is 0 Å². The highest BCUT2D eigenvalue weighted by molar-refractivity contribution is 6.33. The van der Waals surface area contributed by atoms with E-state index < -0.39 is 11.8 Å². The second-order valence-electron chi connectivity index (χ2n) is 2.49. The molecule has 13 heavy (non-hydrogen) atoms. The molecule has 3 N–H and O–H groups in total. The predicted molar refractivity (Wildman–Crippen MR) is 43.8 cm³/mol. The van der Waals surface area contributed by atoms with Crippen molar-refractivity contribution in [3.63, 3.8) is 0 Å². The number of carboxylic acid groups (broad SMARTS) is 1. The van der Waals surface area contributed by atoms with Crippen molar-refractivity contribution in [2.24, 2.45) is 15.9 Å². The van der Waals surface area contributed by atoms with E-state index >= 15 is 0 Å². The Morgan fingerprint density at radius 2 is 2.38 bits per heavy atom. The number of hydrogen-bond acceptors (Lipinski definition) is 4. The van der Waals surface area contributed by atoms with E-state index in [1.54, 1.807) is 6.92 Å². The Bertz CT molecular complexity index is 320. The minimum Gasteiger partial charge on any atom is -0.475 e. The number of carbonyl (C=O) groups excluding carboxylic acids is 1. The first kappa shape index (κ1) is 9.17. The van der Waals surface area contributed by atoms with E-state index in [2.05, 4.69) is 10.2 Å². The predicted octanol–water partition coefficient (Wildman–Crippen LogP) is -1.05. The van der Waals surface area contributed by atoms with Crippen molar-refractivity contribution >= 4 is 23.4 Å². The summed E-state index contributed by atoms with van der Waals surface area (Å²) in [6.07, 6.45) is 0.149. The van der Waals surface area contributed by atoms with E-state index in [0.717, 1.165) is 0 Å². The summed E-state index contributed by atoms with van der Waals surface area (Å²) in [7, 11) is 0. The Hall–Kier alpha value is -1.92. The number of amides is 1. The van der Waals surface area contributed by atoms with Gasteiger partial charge in [-0.05, 0) is 6.92 Å². The first-order valence-electron chi connectivity index (χ1n) is 3.45. The van der Waals surface area contributed by atoms with Gasteiger partial charge in [0.2, 0.25) is 5.84 Å². The van der Waals surface area contributed by atoms with Crippen molar-refractivity contribution in [1.82, 2.24) is 5.12 Å². The smallest absolute Gasteiger partial charge is 0.373 e. The van der Waals surface area contributed by atoms with Crippen molar-refractivity contribution in [2.45, 2.75) is 13.3 Å². The highest BCUT2D eigenvalue weighted by atomic mass is 16.4. The maximum Gasteiger partial charge on any atom is 0.373 e. The van der Waals surface area contributed by atoms with E-state index in [0.29, 0.717) is 10.8 Å². The fourth-order valence-corrected chi connectivity index (χ4v) is 0.765. The molecule has 0 aromatic carbocycles. The molecule has 0 aromatic rings. The van der Waals surface area contributed by atoms with E-state index in [1.807, 2.05) is 0 Å². The first-order chi connectivity index (χ1) is 6.00. The highest BCUT2D eigenvalue weighted by Crippen LogP contribution is 2.07. The van der Waals surface area contributed by atoms with Crippen LogP contribution in [0.5, 0.6) is 0 Å². The number of carbonyl (C=O) groups is 2. The van der Waals surface area contributed by atoms with Crippen LogP contribution in [0.1, 0.15) is 13.3 Å². The molecule has 0 saturated carbocycles. The van der Waals surface area contributed by atoms with E-state index in [1.165, 1.54) is 0 Å². The van der Waals surface area contributed by atoms with Gasteiger partial charge in [0.05, 0.1) is 6.42 Å². The quantitative estimate of drug-likeness (QED) is 0.400. The van der Waals surface area contributed by atoms with Crippen molar-refractivity contribution < 1.29 is 14.7 Å². The number of carboxylic acids is 1. The Balaban J connectivity index is 2.80. The average molecular weight is 184 g/mol. The molecule has 1 aliphatic heterocycles. The summed E-state index contributed by atoms with van der Waals surface area (Å²) in [5.41, 5.74) is 5.57. The summed E-state index contributed by atoms with van der Waals surface area (Å²) >= 11 is 0. The second-order valence-corrected chi connectivity index (χ2v) is 2.49. The van der Waals surface area contributed by atoms with Crippen LogP contribution in [0.3, 0.4) is 0 Å². The molecule has 0 fully saturated rings. The number of nitrogens with two attached hydrogens (primary N) is 1. The van der Waals surface area contributed by atoms with Gasteiger partial charge in [-0.1, -0.05) is 0 Å². The molecule has 0 spiro atoms. The van der Waals surface area contributed by atoms with Crippen LogP contribution in [0.25, 0.3) is 0 Å². The van der Waals surface area contributed by atoms with Crippen LogP contribution in [0, 0.1) is 0 Å². The van der Waals surface area contributed by atoms with E-state index in [9.17, 15) is 9.59 Å². The highest BCUT2D eigenvalue weighted by Gasteiger charge is 2.21. The summed E-state index contributed by atoms with van der Waals surface area (Å²) in [4.78, 5) is 21.2. The molecule has 0 unspecified atom stereocenters. The summed E-state index contributed by atoms with van der Waals surface area (Å²) in [5, 5.41) is 16.0. The lowest BCUT2D eigenvalue weighted by Crippen LogP contribution is -2.28. The van der Waals surface area contributed by atoms with E-state index in [4.69, 9.17) is 10.8 Å². The summed E-state index contributed by atoms with van der Waals surface area (Å²) in [5.74, 6) is -2.43. The van der Waals surface area contributed by atoms with Gasteiger partial charge in [0, 0.05) is 5.71 Å². The number of hydrogen-bond donors (Lipinski definition) is 2. The van der Waals surface area contributed by atoms with Gasteiger partial charge >= 0.3 is 5.97 Å². The molecule has 70 valence electrons. The van der Waals surface area contributed by atoms with Gasteiger partial charge in [-0.15, -0.1) is 10.2 Å². The van der Waals surface area contributed by atoms with Gasteiger partial charge in [-0.25, -0.2) is 4.79 Å². The van der Waals surface area contributed by atoms with Gasteiger partial charge in [0.1, 0.15) is 0 Å². The third kappa shape index (κ3) is 2.01. The molecule has 1 rings (SSSR count). The van der Waals surface area contributed by atoms with Crippen LogP contribution in [0.15, 0.2) is 10.2 Å². The first-order valence-corrected chi connectivity index (χ1v) is 3.45. The topological polar surface area (TPSA) is 108 Å². The van der Waals surface area contributed by atoms with Crippen molar-refractivity contribution in [3.05, 3.63) is 0 Å². The third-order valence-electron chi connectivity index (χ3n) is 1.32. The van der Waals surface area contributed by atoms with Gasteiger partial charge in [0.15, 0.2) is 0 Å². The molecule has 7 heteroatoms. The zero-order chi connectivity index (χ0) is 10.0. The Kier molecular flexibility index (Phi) is 2.27. The SMILES string of the molecule is CC1=NN(/N=C(\N)C(=O)O)C(=O)C1. The lowest BCUT2D eigenvalue weighted by atomic mass is 10.3. The Morgan fingerprint density at radius 3 is 2.77 bits per heavy atom.